The SMILES string of the molecule is NC1=NC2(CCCCC2)N(c2ccc(S(=O)(=O)Nc3cccc(Cl)c3)cc2)C(N)=N1. The van der Waals surface area contributed by atoms with Crippen molar-refractivity contribution in [2.45, 2.75) is 42.7 Å². The highest BCUT2D eigenvalue weighted by molar-refractivity contribution is 7.92. The molecule has 2 aliphatic rings. The molecule has 1 aliphatic heterocycles. The van der Waals surface area contributed by atoms with Crippen LogP contribution in [0.3, 0.4) is 0 Å². The van der Waals surface area contributed by atoms with Gasteiger partial charge in [-0.25, -0.2) is 13.4 Å². The molecule has 158 valence electrons. The quantitative estimate of drug-likeness (QED) is 0.664. The monoisotopic (exact) mass is 446 g/mol. The zero-order valence-electron chi connectivity index (χ0n) is 16.3. The number of sulfonamides is 1. The third-order valence-corrected chi connectivity index (χ3v) is 6.97. The first-order valence-corrected chi connectivity index (χ1v) is 11.5. The molecule has 10 heteroatoms. The van der Waals surface area contributed by atoms with E-state index in [0.29, 0.717) is 10.7 Å². The minimum Gasteiger partial charge on any atom is -0.369 e. The summed E-state index contributed by atoms with van der Waals surface area (Å²) in [5.74, 6) is 0.438. The Morgan fingerprint density at radius 2 is 1.73 bits per heavy atom. The fraction of sp³-hybridized carbons (Fsp3) is 0.300. The number of aliphatic imine (C=N–C) groups is 2. The fourth-order valence-electron chi connectivity index (χ4n) is 4.04. The van der Waals surface area contributed by atoms with Crippen molar-refractivity contribution in [2.75, 3.05) is 9.62 Å². The number of rotatable bonds is 4. The van der Waals surface area contributed by atoms with Gasteiger partial charge in [0.05, 0.1) is 10.6 Å². The summed E-state index contributed by atoms with van der Waals surface area (Å²) >= 11 is 5.94. The van der Waals surface area contributed by atoms with Gasteiger partial charge in [-0.05, 0) is 68.1 Å². The minimum atomic E-state index is -3.77. The molecule has 0 atom stereocenters. The Balaban J connectivity index is 1.63. The van der Waals surface area contributed by atoms with E-state index in [9.17, 15) is 8.42 Å². The lowest BCUT2D eigenvalue weighted by Crippen LogP contribution is -2.58. The van der Waals surface area contributed by atoms with Crippen molar-refractivity contribution in [2.24, 2.45) is 21.5 Å². The summed E-state index contributed by atoms with van der Waals surface area (Å²) in [6.45, 7) is 0. The number of hydrogen-bond donors (Lipinski definition) is 3. The van der Waals surface area contributed by atoms with E-state index in [-0.39, 0.29) is 16.8 Å². The summed E-state index contributed by atoms with van der Waals surface area (Å²) < 4.78 is 28.0. The van der Waals surface area contributed by atoms with Gasteiger partial charge in [0.1, 0.15) is 5.66 Å². The first-order valence-electron chi connectivity index (χ1n) is 9.67. The summed E-state index contributed by atoms with van der Waals surface area (Å²) in [4.78, 5) is 10.7. The molecule has 2 aromatic carbocycles. The summed E-state index contributed by atoms with van der Waals surface area (Å²) in [7, 11) is -3.77. The molecule has 1 spiro atoms. The topological polar surface area (TPSA) is 126 Å². The van der Waals surface area contributed by atoms with Crippen molar-refractivity contribution in [1.82, 2.24) is 0 Å². The number of nitrogens with zero attached hydrogens (tertiary/aromatic N) is 3. The van der Waals surface area contributed by atoms with Crippen LogP contribution in [-0.2, 0) is 10.0 Å². The van der Waals surface area contributed by atoms with Crippen LogP contribution in [0.15, 0.2) is 63.4 Å². The van der Waals surface area contributed by atoms with Gasteiger partial charge in [0, 0.05) is 10.7 Å². The molecule has 0 saturated heterocycles. The number of halogens is 1. The Morgan fingerprint density at radius 3 is 2.40 bits per heavy atom. The summed E-state index contributed by atoms with van der Waals surface area (Å²) in [5, 5.41) is 0.447. The van der Waals surface area contributed by atoms with Crippen LogP contribution in [-0.4, -0.2) is 26.0 Å². The molecule has 4 rings (SSSR count). The number of nitrogens with one attached hydrogen (secondary N) is 1. The summed E-state index contributed by atoms with van der Waals surface area (Å²) in [6, 6.07) is 13.0. The van der Waals surface area contributed by atoms with Crippen molar-refractivity contribution >= 4 is 44.9 Å². The van der Waals surface area contributed by atoms with Crippen LogP contribution in [0.5, 0.6) is 0 Å². The molecule has 2 aromatic rings. The number of anilines is 2. The van der Waals surface area contributed by atoms with E-state index in [4.69, 9.17) is 23.1 Å². The van der Waals surface area contributed by atoms with Gasteiger partial charge in [0.15, 0.2) is 0 Å². The maximum atomic E-state index is 12.7. The lowest BCUT2D eigenvalue weighted by Gasteiger charge is -2.45. The Bertz CT molecular complexity index is 1110. The second-order valence-corrected chi connectivity index (χ2v) is 9.55. The summed E-state index contributed by atoms with van der Waals surface area (Å²) in [6.07, 6.45) is 4.77. The first kappa shape index (κ1) is 20.5. The molecule has 1 saturated carbocycles. The Labute approximate surface area is 180 Å². The molecule has 0 unspecified atom stereocenters. The Kier molecular flexibility index (Phi) is 5.33. The molecule has 1 fully saturated rings. The zero-order valence-corrected chi connectivity index (χ0v) is 17.8. The van der Waals surface area contributed by atoms with Gasteiger partial charge in [0.2, 0.25) is 11.9 Å². The molecule has 0 amide bonds. The van der Waals surface area contributed by atoms with Gasteiger partial charge in [-0.2, -0.15) is 4.99 Å². The third kappa shape index (κ3) is 3.95. The second-order valence-electron chi connectivity index (χ2n) is 7.43. The molecular formula is C20H23ClN6O2S. The summed E-state index contributed by atoms with van der Waals surface area (Å²) in [5.41, 5.74) is 12.7. The largest absolute Gasteiger partial charge is 0.369 e. The predicted molar refractivity (Wildman–Crippen MR) is 120 cm³/mol. The van der Waals surface area contributed by atoms with E-state index in [1.807, 2.05) is 4.90 Å². The lowest BCUT2D eigenvalue weighted by molar-refractivity contribution is 0.305. The Morgan fingerprint density at radius 1 is 1.03 bits per heavy atom. The zero-order chi connectivity index (χ0) is 21.4. The maximum Gasteiger partial charge on any atom is 0.261 e. The molecule has 0 bridgehead atoms. The van der Waals surface area contributed by atoms with Gasteiger partial charge < -0.3 is 11.5 Å². The van der Waals surface area contributed by atoms with Crippen LogP contribution >= 0.6 is 11.6 Å². The van der Waals surface area contributed by atoms with Crippen molar-refractivity contribution in [1.29, 1.82) is 0 Å². The van der Waals surface area contributed by atoms with E-state index < -0.39 is 15.7 Å². The van der Waals surface area contributed by atoms with E-state index in [1.165, 1.54) is 12.1 Å². The number of benzene rings is 2. The van der Waals surface area contributed by atoms with Crippen LogP contribution in [0.2, 0.25) is 5.02 Å². The van der Waals surface area contributed by atoms with Gasteiger partial charge >= 0.3 is 0 Å². The van der Waals surface area contributed by atoms with Crippen LogP contribution in [0.1, 0.15) is 32.1 Å². The molecule has 30 heavy (non-hydrogen) atoms. The van der Waals surface area contributed by atoms with Gasteiger partial charge in [0.25, 0.3) is 10.0 Å². The van der Waals surface area contributed by atoms with Crippen LogP contribution < -0.4 is 21.1 Å². The molecule has 0 radical (unpaired) electrons. The van der Waals surface area contributed by atoms with E-state index in [1.54, 1.807) is 36.4 Å². The molecule has 1 heterocycles. The number of hydrogen-bond acceptors (Lipinski definition) is 7. The molecule has 5 N–H and O–H groups in total. The van der Waals surface area contributed by atoms with Crippen molar-refractivity contribution in [3.63, 3.8) is 0 Å². The van der Waals surface area contributed by atoms with Crippen LogP contribution in [0.4, 0.5) is 11.4 Å². The minimum absolute atomic E-state index is 0.124. The Hall–Kier alpha value is -2.78. The first-order chi connectivity index (χ1) is 14.3. The lowest BCUT2D eigenvalue weighted by atomic mass is 9.87. The van der Waals surface area contributed by atoms with Gasteiger partial charge in [-0.3, -0.25) is 9.62 Å². The maximum absolute atomic E-state index is 12.7. The second kappa shape index (κ2) is 7.81. The van der Waals surface area contributed by atoms with Crippen LogP contribution in [0.25, 0.3) is 0 Å². The van der Waals surface area contributed by atoms with Crippen LogP contribution in [0, 0.1) is 0 Å². The van der Waals surface area contributed by atoms with Gasteiger partial charge in [-0.1, -0.05) is 24.1 Å². The van der Waals surface area contributed by atoms with Gasteiger partial charge in [-0.15, -0.1) is 0 Å². The highest BCUT2D eigenvalue weighted by Crippen LogP contribution is 2.39. The molecule has 8 nitrogen and oxygen atoms in total. The van der Waals surface area contributed by atoms with E-state index >= 15 is 0 Å². The molecule has 1 aliphatic carbocycles. The normalized spacial score (nSPS) is 18.6. The standard InChI is InChI=1S/C20H23ClN6O2S/c21-14-5-4-6-15(13-14)26-30(28,29)17-9-7-16(8-10-17)27-19(23)24-18(22)25-20(27)11-2-1-3-12-20/h4-10,13,26H,1-3,11-12H2,(H4,22,23,24,25). The third-order valence-electron chi connectivity index (χ3n) is 5.33. The molecule has 0 aromatic heterocycles. The van der Waals surface area contributed by atoms with Crippen molar-refractivity contribution < 1.29 is 8.42 Å². The average molecular weight is 447 g/mol. The number of guanidine groups is 2. The predicted octanol–water partition coefficient (Wildman–Crippen LogP) is 3.25. The molecular weight excluding hydrogens is 424 g/mol. The average Bonchev–Trinajstić information content (AvgIpc) is 2.68. The number of nitrogens with two attached hydrogens (primary N) is 2. The highest BCUT2D eigenvalue weighted by Gasteiger charge is 2.42. The van der Waals surface area contributed by atoms with E-state index in [2.05, 4.69) is 14.7 Å². The smallest absolute Gasteiger partial charge is 0.261 e. The van der Waals surface area contributed by atoms with Crippen molar-refractivity contribution in [3.8, 4) is 0 Å². The fourth-order valence-corrected chi connectivity index (χ4v) is 5.28. The van der Waals surface area contributed by atoms with Crippen molar-refractivity contribution in [3.05, 3.63) is 53.6 Å². The van der Waals surface area contributed by atoms with E-state index in [0.717, 1.165) is 37.8 Å². The highest BCUT2D eigenvalue weighted by atomic mass is 35.5.